The predicted molar refractivity (Wildman–Crippen MR) is 634 cm³/mol. The van der Waals surface area contributed by atoms with Crippen molar-refractivity contribution in [1.82, 2.24) is 27.4 Å². The van der Waals surface area contributed by atoms with Gasteiger partial charge in [-0.25, -0.2) is 0 Å². The smallest absolute Gasteiger partial charge is 0.0547 e. The van der Waals surface area contributed by atoms with E-state index in [4.69, 9.17) is 0 Å². The highest BCUT2D eigenvalue weighted by Gasteiger charge is 2.25. The van der Waals surface area contributed by atoms with Crippen LogP contribution in [0.5, 0.6) is 0 Å². The number of nitrogens with zero attached hydrogens (tertiary/aromatic N) is 6. The van der Waals surface area contributed by atoms with Gasteiger partial charge in [-0.1, -0.05) is 425 Å². The first-order valence-electron chi connectivity index (χ1n) is 51.6. The molecule has 0 atom stereocenters. The Kier molecular flexibility index (Phi) is 21.9. The Morgan fingerprint density at radius 3 is 0.560 bits per heavy atom. The Bertz CT molecular complexity index is 10400. The average Bonchev–Trinajstić information content (AvgIpc) is 1.59. The van der Waals surface area contributed by atoms with Crippen LogP contribution in [-0.2, 0) is 0 Å². The zero-order chi connectivity index (χ0) is 99.1. The van der Waals surface area contributed by atoms with Crippen molar-refractivity contribution in [2.45, 2.75) is 0 Å². The van der Waals surface area contributed by atoms with Gasteiger partial charge in [0.25, 0.3) is 0 Å². The van der Waals surface area contributed by atoms with Crippen molar-refractivity contribution in [2.24, 2.45) is 0 Å². The maximum Gasteiger partial charge on any atom is 0.0547 e. The Morgan fingerprint density at radius 1 is 0.0800 bits per heavy atom. The van der Waals surface area contributed by atoms with Gasteiger partial charge in [-0.05, 0) is 258 Å². The number of hydrogen-bond acceptors (Lipinski definition) is 0. The molecule has 6 aromatic heterocycles. The van der Waals surface area contributed by atoms with Gasteiger partial charge in [0.2, 0.25) is 0 Å². The zero-order valence-electron chi connectivity index (χ0n) is 82.1. The molecule has 0 amide bonds. The van der Waals surface area contributed by atoms with Gasteiger partial charge < -0.3 is 27.4 Å². The van der Waals surface area contributed by atoms with Gasteiger partial charge in [0.15, 0.2) is 0 Å². The lowest BCUT2D eigenvalue weighted by molar-refractivity contribution is 1.18. The molecule has 0 fully saturated rings. The number of aromatic nitrogens is 6. The molecule has 0 saturated heterocycles. The van der Waals surface area contributed by atoms with E-state index in [-0.39, 0.29) is 0 Å². The minimum Gasteiger partial charge on any atom is -0.309 e. The molecule has 0 bridgehead atoms. The minimum absolute atomic E-state index is 1.15. The summed E-state index contributed by atoms with van der Waals surface area (Å²) in [6.07, 6.45) is 0. The van der Waals surface area contributed by atoms with Crippen molar-refractivity contribution >= 4 is 131 Å². The van der Waals surface area contributed by atoms with Gasteiger partial charge >= 0.3 is 0 Å². The molecule has 702 valence electrons. The van der Waals surface area contributed by atoms with E-state index in [1.807, 2.05) is 0 Å². The molecule has 30 rings (SSSR count). The third kappa shape index (κ3) is 15.5. The molecule has 0 radical (unpaired) electrons. The molecule has 6 heterocycles. The van der Waals surface area contributed by atoms with Gasteiger partial charge in [-0.2, -0.15) is 0 Å². The lowest BCUT2D eigenvalue weighted by Gasteiger charge is -2.14. The number of hydrogen-bond donors (Lipinski definition) is 0. The van der Waals surface area contributed by atoms with E-state index in [2.05, 4.69) is 610 Å². The normalized spacial score (nSPS) is 11.6. The summed E-state index contributed by atoms with van der Waals surface area (Å²) >= 11 is 0. The van der Waals surface area contributed by atoms with Crippen LogP contribution in [0.3, 0.4) is 0 Å². The Balaban J connectivity index is 0.000000108. The number of para-hydroxylation sites is 9. The Labute approximate surface area is 868 Å². The van der Waals surface area contributed by atoms with Crippen LogP contribution in [0.4, 0.5) is 0 Å². The second-order valence-corrected chi connectivity index (χ2v) is 39.0. The summed E-state index contributed by atoms with van der Waals surface area (Å²) in [7, 11) is 0. The maximum absolute atomic E-state index is 2.45. The minimum atomic E-state index is 1.15. The van der Waals surface area contributed by atoms with E-state index in [0.29, 0.717) is 0 Å². The van der Waals surface area contributed by atoms with E-state index in [9.17, 15) is 0 Å². The van der Waals surface area contributed by atoms with E-state index in [1.54, 1.807) is 0 Å². The highest BCUT2D eigenvalue weighted by Crippen LogP contribution is 2.47. The lowest BCUT2D eigenvalue weighted by Crippen LogP contribution is -1.96. The molecule has 0 aliphatic rings. The van der Waals surface area contributed by atoms with Gasteiger partial charge in [0.05, 0.1) is 66.2 Å². The molecule has 0 N–H and O–H groups in total. The molecule has 0 aliphatic heterocycles. The molecule has 30 aromatic rings. The monoisotopic (exact) mass is 1910 g/mol. The van der Waals surface area contributed by atoms with E-state index < -0.39 is 0 Å². The second-order valence-electron chi connectivity index (χ2n) is 39.0. The standard InChI is InChI=1S/3C48H32N2/c1-4-14-33(15-5-1)37-28-38(34-16-6-2-7-17-34)30-40(29-37)50-46-23-13-11-21-42(46)44-27-25-36(32-48(44)50)35-24-26-43-41-20-10-12-22-45(41)49(47(43)31-35)39-18-8-3-9-19-39;1-3-13-33(14-4-1)34-15-11-16-35(29-34)36-17-12-20-40(30-36)50-46-24-10-8-22-42(46)44-28-26-38(32-48(44)50)37-25-27-43-41-21-7-9-23-45(41)49(47(43)31-37)39-18-5-2-6-19-39;1-3-14-33(15-4-1)39-20-7-8-21-40(39)36-16-13-19-38(30-36)50-46-25-12-10-23-42(46)44-29-27-35(32-48(44)50)34-26-28-43-41-22-9-11-24-45(41)49(47(43)31-34)37-17-5-2-6-18-37/h3*1-32H. The van der Waals surface area contributed by atoms with Crippen molar-refractivity contribution in [3.63, 3.8) is 0 Å². The Hall–Kier alpha value is -19.9. The van der Waals surface area contributed by atoms with Gasteiger partial charge in [-0.3, -0.25) is 0 Å². The lowest BCUT2D eigenvalue weighted by atomic mass is 9.94. The predicted octanol–water partition coefficient (Wildman–Crippen LogP) is 38.6. The molecule has 6 heteroatoms. The summed E-state index contributed by atoms with van der Waals surface area (Å²) in [5, 5.41) is 15.1. The van der Waals surface area contributed by atoms with Crippen LogP contribution >= 0.6 is 0 Å². The third-order valence-electron chi connectivity index (χ3n) is 30.3. The van der Waals surface area contributed by atoms with Gasteiger partial charge in [0.1, 0.15) is 0 Å². The van der Waals surface area contributed by atoms with Crippen molar-refractivity contribution in [2.75, 3.05) is 0 Å². The average molecular weight is 1910 g/mol. The van der Waals surface area contributed by atoms with Crippen LogP contribution < -0.4 is 0 Å². The summed E-state index contributed by atoms with van der Waals surface area (Å²) in [5.74, 6) is 0. The van der Waals surface area contributed by atoms with Crippen LogP contribution in [0.15, 0.2) is 582 Å². The summed E-state index contributed by atoms with van der Waals surface area (Å²) in [6.45, 7) is 0. The van der Waals surface area contributed by atoms with Crippen molar-refractivity contribution in [3.05, 3.63) is 582 Å². The van der Waals surface area contributed by atoms with Gasteiger partial charge in [0, 0.05) is 98.8 Å². The second kappa shape index (κ2) is 37.4. The van der Waals surface area contributed by atoms with E-state index >= 15 is 0 Å². The van der Waals surface area contributed by atoms with Crippen LogP contribution in [0.2, 0.25) is 0 Å². The molecular weight excluding hydrogens is 1810 g/mol. The third-order valence-corrected chi connectivity index (χ3v) is 30.3. The fourth-order valence-electron chi connectivity index (χ4n) is 23.4. The largest absolute Gasteiger partial charge is 0.309 e. The molecule has 0 saturated carbocycles. The summed E-state index contributed by atoms with van der Waals surface area (Å²) in [5.41, 5.74) is 43.1. The first kappa shape index (κ1) is 87.8. The zero-order valence-corrected chi connectivity index (χ0v) is 82.1. The highest BCUT2D eigenvalue weighted by atomic mass is 15.0. The van der Waals surface area contributed by atoms with E-state index in [1.165, 1.54) is 248 Å². The van der Waals surface area contributed by atoms with Crippen LogP contribution in [0.1, 0.15) is 0 Å². The van der Waals surface area contributed by atoms with Gasteiger partial charge in [-0.15, -0.1) is 0 Å². The topological polar surface area (TPSA) is 29.6 Å². The molecule has 6 nitrogen and oxygen atoms in total. The summed E-state index contributed by atoms with van der Waals surface area (Å²) in [4.78, 5) is 0. The highest BCUT2D eigenvalue weighted by molar-refractivity contribution is 6.17. The number of fused-ring (bicyclic) bond motifs is 18. The SMILES string of the molecule is c1ccc(-c2cc(-c3ccccc3)cc(-n3c4ccccc4c4ccc(-c5ccc6c7ccccc7n(-c7ccccc7)c6c5)cc43)c2)cc1.c1ccc(-c2cccc(-c3cccc(-n4c5ccccc5c5ccc(-c6ccc7c8ccccc8n(-c8ccccc8)c7c6)cc54)c3)c2)cc1.c1ccc(-c2ccccc2-c2cccc(-n3c4ccccc4c4ccc(-c5ccc6c7ccccc7n(-c7ccccc7)c6c5)cc43)c2)cc1. The first-order chi connectivity index (χ1) is 74.4. The summed E-state index contributed by atoms with van der Waals surface area (Å²) < 4.78 is 14.5. The fraction of sp³-hybridized carbons (Fsp3) is 0. The van der Waals surface area contributed by atoms with Crippen molar-refractivity contribution < 1.29 is 0 Å². The fourth-order valence-corrected chi connectivity index (χ4v) is 23.4. The molecule has 0 aliphatic carbocycles. The van der Waals surface area contributed by atoms with Crippen LogP contribution in [0, 0.1) is 0 Å². The first-order valence-corrected chi connectivity index (χ1v) is 51.6. The molecule has 24 aromatic carbocycles. The van der Waals surface area contributed by atoms with Crippen LogP contribution in [-0.4, -0.2) is 27.4 Å². The molecule has 0 spiro atoms. The number of rotatable bonds is 15. The Morgan fingerprint density at radius 2 is 0.253 bits per heavy atom. The van der Waals surface area contributed by atoms with Crippen molar-refractivity contribution in [3.8, 4) is 134 Å². The number of benzene rings is 24. The molecule has 0 unspecified atom stereocenters. The van der Waals surface area contributed by atoms with Crippen LogP contribution in [0.25, 0.3) is 265 Å². The van der Waals surface area contributed by atoms with E-state index in [0.717, 1.165) is 17.1 Å². The van der Waals surface area contributed by atoms with Crippen molar-refractivity contribution in [1.29, 1.82) is 0 Å². The summed E-state index contributed by atoms with van der Waals surface area (Å²) in [6, 6.07) is 211. The quantitative estimate of drug-likeness (QED) is 0.0979. The molecule has 150 heavy (non-hydrogen) atoms. The maximum atomic E-state index is 2.45. The molecular formula is C144H96N6.